The first-order valence-corrected chi connectivity index (χ1v) is 8.49. The van der Waals surface area contributed by atoms with Crippen LogP contribution in [0.4, 0.5) is 5.69 Å². The van der Waals surface area contributed by atoms with Gasteiger partial charge in [-0.25, -0.2) is 4.79 Å². The minimum Gasteiger partial charge on any atom is -0.497 e. The van der Waals surface area contributed by atoms with Crippen LogP contribution in [0.25, 0.3) is 0 Å². The van der Waals surface area contributed by atoms with E-state index >= 15 is 0 Å². The number of carboxylic acids is 1. The van der Waals surface area contributed by atoms with Crippen molar-refractivity contribution < 1.29 is 24.2 Å². The highest BCUT2D eigenvalue weighted by molar-refractivity contribution is 5.99. The zero-order chi connectivity index (χ0) is 19.6. The van der Waals surface area contributed by atoms with Crippen LogP contribution in [0.3, 0.4) is 0 Å². The summed E-state index contributed by atoms with van der Waals surface area (Å²) >= 11 is 0. The van der Waals surface area contributed by atoms with E-state index in [-0.39, 0.29) is 5.91 Å². The van der Waals surface area contributed by atoms with Gasteiger partial charge >= 0.3 is 5.97 Å². The molecule has 0 fully saturated rings. The highest BCUT2D eigenvalue weighted by Gasteiger charge is 2.26. The summed E-state index contributed by atoms with van der Waals surface area (Å²) in [4.78, 5) is 37.5. The van der Waals surface area contributed by atoms with E-state index in [4.69, 9.17) is 4.74 Å². The molecule has 1 heterocycles. The van der Waals surface area contributed by atoms with Crippen LogP contribution in [0.1, 0.15) is 34.5 Å². The lowest BCUT2D eigenvalue weighted by molar-refractivity contribution is -0.139. The van der Waals surface area contributed by atoms with Crippen LogP contribution in [0.2, 0.25) is 0 Å². The molecular weight excluding hydrogens is 348 g/mol. The van der Waals surface area contributed by atoms with Crippen molar-refractivity contribution in [1.82, 2.24) is 5.32 Å². The van der Waals surface area contributed by atoms with Crippen molar-refractivity contribution >= 4 is 23.5 Å². The molecule has 1 atom stereocenters. The molecule has 2 N–H and O–H groups in total. The molecule has 1 aliphatic rings. The fourth-order valence-corrected chi connectivity index (χ4v) is 3.17. The number of rotatable bonds is 5. The largest absolute Gasteiger partial charge is 0.497 e. The van der Waals surface area contributed by atoms with E-state index in [1.807, 2.05) is 0 Å². The van der Waals surface area contributed by atoms with Gasteiger partial charge in [-0.15, -0.1) is 0 Å². The Morgan fingerprint density at radius 2 is 1.85 bits per heavy atom. The molecule has 1 unspecified atom stereocenters. The van der Waals surface area contributed by atoms with Crippen molar-refractivity contribution in [3.8, 4) is 5.75 Å². The topological polar surface area (TPSA) is 95.9 Å². The Hall–Kier alpha value is -3.35. The number of carbonyl (C=O) groups is 3. The van der Waals surface area contributed by atoms with Crippen LogP contribution in [0, 0.1) is 0 Å². The van der Waals surface area contributed by atoms with Gasteiger partial charge in [0.05, 0.1) is 7.11 Å². The van der Waals surface area contributed by atoms with Crippen molar-refractivity contribution in [3.63, 3.8) is 0 Å². The first-order chi connectivity index (χ1) is 12.9. The average Bonchev–Trinajstić information content (AvgIpc) is 3.09. The number of nitrogens with zero attached hydrogens (tertiary/aromatic N) is 1. The molecule has 7 nitrogen and oxygen atoms in total. The number of aliphatic carboxylic acids is 1. The summed E-state index contributed by atoms with van der Waals surface area (Å²) in [6, 6.07) is 10.3. The lowest BCUT2D eigenvalue weighted by Crippen LogP contribution is -2.33. The Labute approximate surface area is 156 Å². The molecule has 3 rings (SSSR count). The predicted molar refractivity (Wildman–Crippen MR) is 99.0 cm³/mol. The maximum Gasteiger partial charge on any atom is 0.330 e. The standard InChI is InChI=1S/C20H20N2O5/c1-12(23)22-10-9-14-11-15(5-8-17(14)22)19(24)21-18(20(25)26)13-3-6-16(27-2)7-4-13/h3-8,11,18H,9-10H2,1-2H3,(H,21,24)(H,25,26). The number of ether oxygens (including phenoxy) is 1. The summed E-state index contributed by atoms with van der Waals surface area (Å²) in [6.07, 6.45) is 0.664. The lowest BCUT2D eigenvalue weighted by atomic mass is 10.0. The van der Waals surface area contributed by atoms with Crippen molar-refractivity contribution in [2.24, 2.45) is 0 Å². The fourth-order valence-electron chi connectivity index (χ4n) is 3.17. The van der Waals surface area contributed by atoms with Crippen molar-refractivity contribution in [3.05, 3.63) is 59.2 Å². The Morgan fingerprint density at radius 3 is 2.44 bits per heavy atom. The monoisotopic (exact) mass is 368 g/mol. The highest BCUT2D eigenvalue weighted by Crippen LogP contribution is 2.29. The van der Waals surface area contributed by atoms with Gasteiger partial charge < -0.3 is 20.1 Å². The molecule has 1 aliphatic heterocycles. The summed E-state index contributed by atoms with van der Waals surface area (Å²) in [5, 5.41) is 12.1. The summed E-state index contributed by atoms with van der Waals surface area (Å²) in [5.41, 5.74) is 2.50. The fraction of sp³-hybridized carbons (Fsp3) is 0.250. The number of benzene rings is 2. The maximum absolute atomic E-state index is 12.6. The van der Waals surface area contributed by atoms with E-state index in [0.717, 1.165) is 11.3 Å². The summed E-state index contributed by atoms with van der Waals surface area (Å²) in [5.74, 6) is -1.08. The molecule has 2 aromatic rings. The molecule has 2 aromatic carbocycles. The second kappa shape index (κ2) is 7.49. The van der Waals surface area contributed by atoms with Gasteiger partial charge in [-0.05, 0) is 47.9 Å². The van der Waals surface area contributed by atoms with Crippen LogP contribution in [-0.4, -0.2) is 36.5 Å². The third-order valence-electron chi connectivity index (χ3n) is 4.59. The number of carboxylic acid groups (broad SMARTS) is 1. The molecule has 7 heteroatoms. The number of hydrogen-bond acceptors (Lipinski definition) is 4. The van der Waals surface area contributed by atoms with Gasteiger partial charge in [0.2, 0.25) is 5.91 Å². The van der Waals surface area contributed by atoms with Crippen LogP contribution in [-0.2, 0) is 16.0 Å². The molecule has 0 saturated heterocycles. The van der Waals surface area contributed by atoms with Crippen LogP contribution in [0.5, 0.6) is 5.75 Å². The van der Waals surface area contributed by atoms with Gasteiger partial charge in [-0.2, -0.15) is 0 Å². The van der Waals surface area contributed by atoms with Gasteiger partial charge in [0, 0.05) is 24.7 Å². The summed E-state index contributed by atoms with van der Waals surface area (Å²) < 4.78 is 5.07. The Balaban J connectivity index is 1.80. The van der Waals surface area contributed by atoms with E-state index in [9.17, 15) is 19.5 Å². The van der Waals surface area contributed by atoms with E-state index in [1.165, 1.54) is 14.0 Å². The second-order valence-corrected chi connectivity index (χ2v) is 6.28. The summed E-state index contributed by atoms with van der Waals surface area (Å²) in [6.45, 7) is 2.08. The maximum atomic E-state index is 12.6. The normalized spacial score (nSPS) is 13.6. The number of fused-ring (bicyclic) bond motifs is 1. The van der Waals surface area contributed by atoms with Gasteiger partial charge in [-0.1, -0.05) is 12.1 Å². The second-order valence-electron chi connectivity index (χ2n) is 6.28. The zero-order valence-electron chi connectivity index (χ0n) is 15.1. The first-order valence-electron chi connectivity index (χ1n) is 8.49. The van der Waals surface area contributed by atoms with Crippen LogP contribution < -0.4 is 15.0 Å². The van der Waals surface area contributed by atoms with Crippen molar-refractivity contribution in [2.75, 3.05) is 18.6 Å². The molecule has 0 radical (unpaired) electrons. The molecule has 0 aromatic heterocycles. The molecular formula is C20H20N2O5. The molecule has 0 saturated carbocycles. The minimum absolute atomic E-state index is 0.0450. The number of nitrogens with one attached hydrogen (secondary N) is 1. The Bertz CT molecular complexity index is 892. The van der Waals surface area contributed by atoms with Gasteiger partial charge in [0.1, 0.15) is 5.75 Å². The molecule has 0 aliphatic carbocycles. The predicted octanol–water partition coefficient (Wildman–Crippen LogP) is 2.16. The van der Waals surface area contributed by atoms with Gasteiger partial charge in [0.15, 0.2) is 6.04 Å². The molecule has 0 spiro atoms. The van der Waals surface area contributed by atoms with E-state index in [1.54, 1.807) is 47.4 Å². The van der Waals surface area contributed by atoms with Gasteiger partial charge in [-0.3, -0.25) is 9.59 Å². The third-order valence-corrected chi connectivity index (χ3v) is 4.59. The van der Waals surface area contributed by atoms with E-state index in [0.29, 0.717) is 29.8 Å². The Morgan fingerprint density at radius 1 is 1.15 bits per heavy atom. The quantitative estimate of drug-likeness (QED) is 0.843. The lowest BCUT2D eigenvalue weighted by Gasteiger charge is -2.17. The molecule has 0 bridgehead atoms. The molecule has 27 heavy (non-hydrogen) atoms. The number of amides is 2. The smallest absolute Gasteiger partial charge is 0.330 e. The van der Waals surface area contributed by atoms with Gasteiger partial charge in [0.25, 0.3) is 5.91 Å². The number of methoxy groups -OCH3 is 1. The van der Waals surface area contributed by atoms with Crippen LogP contribution >= 0.6 is 0 Å². The van der Waals surface area contributed by atoms with E-state index in [2.05, 4.69) is 5.32 Å². The highest BCUT2D eigenvalue weighted by atomic mass is 16.5. The van der Waals surface area contributed by atoms with Crippen LogP contribution in [0.15, 0.2) is 42.5 Å². The van der Waals surface area contributed by atoms with Crippen molar-refractivity contribution in [2.45, 2.75) is 19.4 Å². The molecule has 2 amide bonds. The number of anilines is 1. The van der Waals surface area contributed by atoms with E-state index < -0.39 is 17.9 Å². The summed E-state index contributed by atoms with van der Waals surface area (Å²) in [7, 11) is 1.52. The third kappa shape index (κ3) is 3.76. The zero-order valence-corrected chi connectivity index (χ0v) is 15.1. The molecule has 140 valence electrons. The Kier molecular flexibility index (Phi) is 5.12. The SMILES string of the molecule is COc1ccc(C(NC(=O)c2ccc3c(c2)CCN3C(C)=O)C(=O)O)cc1. The minimum atomic E-state index is -1.18. The number of carbonyl (C=O) groups excluding carboxylic acids is 2. The first kappa shape index (κ1) is 18.4. The van der Waals surface area contributed by atoms with Crippen molar-refractivity contribution in [1.29, 1.82) is 0 Å². The number of hydrogen-bond donors (Lipinski definition) is 2. The average molecular weight is 368 g/mol.